The van der Waals surface area contributed by atoms with Crippen molar-refractivity contribution >= 4 is 40.5 Å². The molecule has 0 spiro atoms. The summed E-state index contributed by atoms with van der Waals surface area (Å²) in [6, 6.07) is 12.4. The molecule has 0 saturated carbocycles. The third-order valence-corrected chi connectivity index (χ3v) is 5.57. The first-order valence-electron chi connectivity index (χ1n) is 10.6. The summed E-state index contributed by atoms with van der Waals surface area (Å²) in [4.78, 5) is 28.4. The first kappa shape index (κ1) is 24.9. The number of aliphatic hydroxyl groups is 1. The Hall–Kier alpha value is -3.72. The number of hydrogen-bond acceptors (Lipinski definition) is 8. The van der Waals surface area contributed by atoms with E-state index in [1.807, 2.05) is 31.2 Å². The average molecular weight is 484 g/mol. The highest BCUT2D eigenvalue weighted by Gasteiger charge is 2.33. The molecule has 9 heteroatoms. The number of aliphatic carboxylic acids is 1. The second kappa shape index (κ2) is 11.4. The van der Waals surface area contributed by atoms with Crippen LogP contribution in [0.15, 0.2) is 63.7 Å². The Balaban J connectivity index is 1.98. The van der Waals surface area contributed by atoms with Crippen molar-refractivity contribution in [3.8, 4) is 11.5 Å². The highest BCUT2D eigenvalue weighted by molar-refractivity contribution is 8.18. The van der Waals surface area contributed by atoms with Gasteiger partial charge in [0.2, 0.25) is 0 Å². The zero-order valence-electron chi connectivity index (χ0n) is 19.0. The number of nitrogens with zero attached hydrogens (tertiary/aromatic N) is 1. The largest absolute Gasteiger partial charge is 0.506 e. The van der Waals surface area contributed by atoms with Crippen molar-refractivity contribution < 1.29 is 34.0 Å². The number of aryl methyl sites for hydroxylation is 1. The molecule has 1 aliphatic heterocycles. The van der Waals surface area contributed by atoms with E-state index in [0.717, 1.165) is 17.3 Å². The summed E-state index contributed by atoms with van der Waals surface area (Å²) < 4.78 is 16.0. The van der Waals surface area contributed by atoms with Gasteiger partial charge in [-0.15, -0.1) is 0 Å². The Labute approximate surface area is 201 Å². The normalized spacial score (nSPS) is 15.6. The summed E-state index contributed by atoms with van der Waals surface area (Å²) in [5.41, 5.74) is 2.38. The maximum absolute atomic E-state index is 12.6. The maximum Gasteiger partial charge on any atom is 0.344 e. The summed E-state index contributed by atoms with van der Waals surface area (Å²) in [5.74, 6) is -1.33. The van der Waals surface area contributed by atoms with Gasteiger partial charge in [0.25, 0.3) is 0 Å². The van der Waals surface area contributed by atoms with Gasteiger partial charge >= 0.3 is 11.9 Å². The lowest BCUT2D eigenvalue weighted by molar-refractivity contribution is -0.139. The van der Waals surface area contributed by atoms with Gasteiger partial charge in [0.1, 0.15) is 16.4 Å². The van der Waals surface area contributed by atoms with Crippen LogP contribution in [0.5, 0.6) is 11.5 Å². The molecule has 0 amide bonds. The van der Waals surface area contributed by atoms with E-state index in [0.29, 0.717) is 39.3 Å². The number of rotatable bonds is 9. The highest BCUT2D eigenvalue weighted by atomic mass is 32.2. The summed E-state index contributed by atoms with van der Waals surface area (Å²) in [6.07, 6.45) is 1.68. The van der Waals surface area contributed by atoms with Crippen molar-refractivity contribution in [3.05, 3.63) is 69.8 Å². The van der Waals surface area contributed by atoms with Crippen molar-refractivity contribution in [2.45, 2.75) is 20.8 Å². The molecule has 1 aliphatic rings. The van der Waals surface area contributed by atoms with E-state index in [2.05, 4.69) is 4.99 Å². The second-order valence-electron chi connectivity index (χ2n) is 7.13. The Kier molecular flexibility index (Phi) is 8.37. The average Bonchev–Trinajstić information content (AvgIpc) is 3.09. The number of carboxylic acid groups (broad SMARTS) is 1. The van der Waals surface area contributed by atoms with Crippen molar-refractivity contribution in [1.82, 2.24) is 0 Å². The van der Waals surface area contributed by atoms with E-state index in [1.165, 1.54) is 0 Å². The van der Waals surface area contributed by atoms with Gasteiger partial charge < -0.3 is 24.4 Å². The number of carboxylic acids is 1. The fourth-order valence-electron chi connectivity index (χ4n) is 3.02. The summed E-state index contributed by atoms with van der Waals surface area (Å²) >= 11 is 1.15. The number of carbonyl (C=O) groups is 2. The second-order valence-corrected chi connectivity index (χ2v) is 8.16. The van der Waals surface area contributed by atoms with E-state index >= 15 is 0 Å². The Bertz CT molecular complexity index is 1170. The number of aliphatic hydroxyl groups excluding tert-OH is 1. The first-order chi connectivity index (χ1) is 16.3. The van der Waals surface area contributed by atoms with E-state index in [9.17, 15) is 14.7 Å². The lowest BCUT2D eigenvalue weighted by Crippen LogP contribution is -2.12. The molecule has 2 aromatic rings. The first-order valence-corrected chi connectivity index (χ1v) is 11.4. The summed E-state index contributed by atoms with van der Waals surface area (Å²) in [5, 5.41) is 20.1. The molecule has 0 radical (unpaired) electrons. The van der Waals surface area contributed by atoms with Crippen LogP contribution in [-0.4, -0.2) is 47.0 Å². The lowest BCUT2D eigenvalue weighted by Gasteiger charge is -2.11. The van der Waals surface area contributed by atoms with E-state index < -0.39 is 18.5 Å². The molecular formula is C25H25NO7S. The van der Waals surface area contributed by atoms with Crippen LogP contribution >= 0.6 is 11.8 Å². The summed E-state index contributed by atoms with van der Waals surface area (Å²) in [6.45, 7) is 5.46. The van der Waals surface area contributed by atoms with Crippen molar-refractivity contribution in [3.63, 3.8) is 0 Å². The number of esters is 1. The highest BCUT2D eigenvalue weighted by Crippen LogP contribution is 2.41. The number of carbonyl (C=O) groups excluding carboxylic acids is 1. The fourth-order valence-corrected chi connectivity index (χ4v) is 4.06. The number of ether oxygens (including phenoxy) is 3. The van der Waals surface area contributed by atoms with Crippen LogP contribution in [0.2, 0.25) is 0 Å². The number of hydrogen-bond donors (Lipinski definition) is 2. The van der Waals surface area contributed by atoms with Crippen LogP contribution in [-0.2, 0) is 14.3 Å². The number of benzene rings is 2. The van der Waals surface area contributed by atoms with E-state index in [1.54, 1.807) is 38.1 Å². The fraction of sp³-hybridized carbons (Fsp3) is 0.240. The van der Waals surface area contributed by atoms with Gasteiger partial charge in [-0.2, -0.15) is 0 Å². The number of thioether (sulfide) groups is 1. The third-order valence-electron chi connectivity index (χ3n) is 4.55. The van der Waals surface area contributed by atoms with Crippen molar-refractivity contribution in [2.75, 3.05) is 19.8 Å². The van der Waals surface area contributed by atoms with Gasteiger partial charge in [-0.3, -0.25) is 0 Å². The van der Waals surface area contributed by atoms with Crippen LogP contribution in [0.1, 0.15) is 25.0 Å². The van der Waals surface area contributed by atoms with Crippen LogP contribution in [0.25, 0.3) is 6.08 Å². The molecule has 1 heterocycles. The van der Waals surface area contributed by atoms with Crippen LogP contribution in [0.4, 0.5) is 5.69 Å². The quantitative estimate of drug-likeness (QED) is 0.476. The Morgan fingerprint density at radius 2 is 1.76 bits per heavy atom. The van der Waals surface area contributed by atoms with Gasteiger partial charge in [-0.25, -0.2) is 14.6 Å². The molecule has 0 saturated heterocycles. The Morgan fingerprint density at radius 1 is 1.03 bits per heavy atom. The number of aliphatic imine (C=N–C) groups is 1. The molecule has 8 nitrogen and oxygen atoms in total. The maximum atomic E-state index is 12.6. The smallest absolute Gasteiger partial charge is 0.344 e. The molecule has 2 aromatic carbocycles. The minimum atomic E-state index is -1.10. The monoisotopic (exact) mass is 483 g/mol. The van der Waals surface area contributed by atoms with Crippen LogP contribution < -0.4 is 9.47 Å². The van der Waals surface area contributed by atoms with Gasteiger partial charge in [-0.05, 0) is 56.7 Å². The molecule has 3 rings (SSSR count). The minimum absolute atomic E-state index is 0.00474. The van der Waals surface area contributed by atoms with E-state index in [-0.39, 0.29) is 17.9 Å². The lowest BCUT2D eigenvalue weighted by atomic mass is 10.1. The zero-order valence-corrected chi connectivity index (χ0v) is 19.8. The van der Waals surface area contributed by atoms with Gasteiger partial charge in [0.15, 0.2) is 18.1 Å². The van der Waals surface area contributed by atoms with Gasteiger partial charge in [0.05, 0.1) is 23.8 Å². The molecule has 0 atom stereocenters. The predicted molar refractivity (Wildman–Crippen MR) is 131 cm³/mol. The molecule has 0 unspecified atom stereocenters. The van der Waals surface area contributed by atoms with Crippen LogP contribution in [0, 0.1) is 6.92 Å². The van der Waals surface area contributed by atoms with Crippen molar-refractivity contribution in [1.29, 1.82) is 0 Å². The Morgan fingerprint density at radius 3 is 2.41 bits per heavy atom. The molecule has 0 aliphatic carbocycles. The molecule has 34 heavy (non-hydrogen) atoms. The molecule has 178 valence electrons. The zero-order chi connectivity index (χ0) is 24.7. The topological polar surface area (TPSA) is 115 Å². The molecule has 0 aromatic heterocycles. The standard InChI is InChI=1S/C25H25NO7S/c1-4-31-19-12-16(8-11-18(19)33-14-21(27)28)13-20-23(29)22(25(30)32-5-2)24(34-20)26-17-9-6-15(3)7-10-17/h6-13,29H,4-5,14H2,1-3H3,(H,27,28). The molecule has 0 bridgehead atoms. The molecule has 2 N–H and O–H groups in total. The van der Waals surface area contributed by atoms with Crippen molar-refractivity contribution in [2.24, 2.45) is 4.99 Å². The molecular weight excluding hydrogens is 458 g/mol. The predicted octanol–water partition coefficient (Wildman–Crippen LogP) is 5.05. The molecule has 0 fully saturated rings. The van der Waals surface area contributed by atoms with Crippen LogP contribution in [0.3, 0.4) is 0 Å². The SMILES string of the molecule is CCOC(=O)C1=C(O)C(=Cc2ccc(OCC(=O)O)c(OCC)c2)SC1=Nc1ccc(C)cc1. The van der Waals surface area contributed by atoms with Gasteiger partial charge in [0, 0.05) is 0 Å². The van der Waals surface area contributed by atoms with E-state index in [4.69, 9.17) is 19.3 Å². The minimum Gasteiger partial charge on any atom is -0.506 e. The summed E-state index contributed by atoms with van der Waals surface area (Å²) in [7, 11) is 0. The van der Waals surface area contributed by atoms with Gasteiger partial charge in [-0.1, -0.05) is 35.5 Å². The third kappa shape index (κ3) is 6.20.